The normalized spacial score (nSPS) is 15.2. The Bertz CT molecular complexity index is 820. The first kappa shape index (κ1) is 18.5. The molecule has 0 saturated heterocycles. The maximum absolute atomic E-state index is 5.88. The first-order valence-electron chi connectivity index (χ1n) is 9.04. The minimum Gasteiger partial charge on any atom is -0.494 e. The first-order valence-corrected chi connectivity index (χ1v) is 9.45. The number of benzene rings is 2. The van der Waals surface area contributed by atoms with Crippen LogP contribution in [0.4, 0.5) is 5.69 Å². The van der Waals surface area contributed by atoms with Crippen LogP contribution in [0.25, 0.3) is 0 Å². The van der Waals surface area contributed by atoms with E-state index in [1.807, 2.05) is 19.1 Å². The lowest BCUT2D eigenvalue weighted by Crippen LogP contribution is -2.28. The predicted octanol–water partition coefficient (Wildman–Crippen LogP) is 4.51. The maximum atomic E-state index is 5.88. The van der Waals surface area contributed by atoms with E-state index in [2.05, 4.69) is 49.6 Å². The van der Waals surface area contributed by atoms with Crippen LogP contribution >= 0.6 is 12.2 Å². The van der Waals surface area contributed by atoms with E-state index in [9.17, 15) is 0 Å². The minimum absolute atomic E-state index is 0.217. The van der Waals surface area contributed by atoms with E-state index in [0.717, 1.165) is 29.2 Å². The molecule has 0 saturated carbocycles. The van der Waals surface area contributed by atoms with Gasteiger partial charge >= 0.3 is 0 Å². The summed E-state index contributed by atoms with van der Waals surface area (Å²) in [6.07, 6.45) is 1.14. The second kappa shape index (κ2) is 7.96. The fourth-order valence-corrected chi connectivity index (χ4v) is 3.32. The Morgan fingerprint density at radius 2 is 2.12 bits per heavy atom. The van der Waals surface area contributed by atoms with Gasteiger partial charge in [-0.05, 0) is 69.2 Å². The Labute approximate surface area is 160 Å². The van der Waals surface area contributed by atoms with Gasteiger partial charge in [0.15, 0.2) is 5.11 Å². The van der Waals surface area contributed by atoms with Crippen molar-refractivity contribution in [3.63, 3.8) is 0 Å². The Kier molecular flexibility index (Phi) is 5.67. The van der Waals surface area contributed by atoms with E-state index in [1.54, 1.807) is 0 Å². The molecule has 1 aliphatic heterocycles. The average Bonchev–Trinajstić information content (AvgIpc) is 2.96. The van der Waals surface area contributed by atoms with Gasteiger partial charge in [0.25, 0.3) is 0 Å². The molecule has 0 amide bonds. The molecule has 2 N–H and O–H groups in total. The lowest BCUT2D eigenvalue weighted by atomic mass is 10.1. The van der Waals surface area contributed by atoms with E-state index in [0.29, 0.717) is 18.3 Å². The number of ether oxygens (including phenoxy) is 2. The van der Waals surface area contributed by atoms with Gasteiger partial charge in [0, 0.05) is 29.8 Å². The van der Waals surface area contributed by atoms with Gasteiger partial charge in [-0.15, -0.1) is 0 Å². The summed E-state index contributed by atoms with van der Waals surface area (Å²) in [6, 6.07) is 10.3. The quantitative estimate of drug-likeness (QED) is 0.758. The molecule has 1 heterocycles. The highest BCUT2D eigenvalue weighted by atomic mass is 32.1. The van der Waals surface area contributed by atoms with Crippen LogP contribution < -0.4 is 20.1 Å². The van der Waals surface area contributed by atoms with Crippen LogP contribution in [0.1, 0.15) is 36.1 Å². The number of aryl methyl sites for hydroxylation is 1. The summed E-state index contributed by atoms with van der Waals surface area (Å²) in [5, 5.41) is 7.15. The summed E-state index contributed by atoms with van der Waals surface area (Å²) in [7, 11) is 0. The van der Waals surface area contributed by atoms with Gasteiger partial charge in [-0.25, -0.2) is 0 Å². The zero-order chi connectivity index (χ0) is 18.7. The van der Waals surface area contributed by atoms with Crippen molar-refractivity contribution in [1.82, 2.24) is 5.32 Å². The van der Waals surface area contributed by atoms with E-state index in [1.165, 1.54) is 16.7 Å². The summed E-state index contributed by atoms with van der Waals surface area (Å²) in [5.41, 5.74) is 5.72. The van der Waals surface area contributed by atoms with Gasteiger partial charge in [0.2, 0.25) is 0 Å². The van der Waals surface area contributed by atoms with Crippen LogP contribution in [0.5, 0.6) is 11.5 Å². The molecular weight excluding hydrogens is 344 g/mol. The van der Waals surface area contributed by atoms with Crippen LogP contribution in [0.15, 0.2) is 30.3 Å². The molecule has 0 fully saturated rings. The number of thiocarbonyl (C=S) groups is 1. The van der Waals surface area contributed by atoms with Crippen molar-refractivity contribution < 1.29 is 9.47 Å². The number of hydrogen-bond acceptors (Lipinski definition) is 3. The highest BCUT2D eigenvalue weighted by Crippen LogP contribution is 2.35. The van der Waals surface area contributed by atoms with Gasteiger partial charge in [-0.1, -0.05) is 12.1 Å². The van der Waals surface area contributed by atoms with Gasteiger partial charge in [-0.2, -0.15) is 0 Å². The smallest absolute Gasteiger partial charge is 0.171 e. The van der Waals surface area contributed by atoms with Crippen molar-refractivity contribution in [2.45, 2.75) is 46.8 Å². The number of rotatable bonds is 5. The Morgan fingerprint density at radius 3 is 2.88 bits per heavy atom. The summed E-state index contributed by atoms with van der Waals surface area (Å²) < 4.78 is 11.7. The SMILES string of the molecule is CCOc1cc2c(cc1CNC(=S)Nc1cccc(C)c1C)O[C@@H](C)C2. The number of hydrogen-bond donors (Lipinski definition) is 2. The highest BCUT2D eigenvalue weighted by Gasteiger charge is 2.21. The topological polar surface area (TPSA) is 42.5 Å². The fourth-order valence-electron chi connectivity index (χ4n) is 3.14. The van der Waals surface area contributed by atoms with E-state index < -0.39 is 0 Å². The third kappa shape index (κ3) is 4.10. The zero-order valence-corrected chi connectivity index (χ0v) is 16.6. The van der Waals surface area contributed by atoms with Gasteiger partial charge < -0.3 is 20.1 Å². The molecule has 0 spiro atoms. The molecule has 0 unspecified atom stereocenters. The summed E-state index contributed by atoms with van der Waals surface area (Å²) in [6.45, 7) is 9.48. The molecule has 2 aromatic rings. The van der Waals surface area contributed by atoms with Crippen molar-refractivity contribution in [1.29, 1.82) is 0 Å². The fraction of sp³-hybridized carbons (Fsp3) is 0.381. The molecule has 2 aromatic carbocycles. The standard InChI is InChI=1S/C21H26N2O2S/c1-5-24-19-10-16-9-14(3)25-20(16)11-17(19)12-22-21(26)23-18-8-6-7-13(2)15(18)4/h6-8,10-11,14H,5,9,12H2,1-4H3,(H2,22,23,26)/t14-/m0/s1. The molecule has 0 aromatic heterocycles. The van der Waals surface area contributed by atoms with Crippen LogP contribution in [0.3, 0.4) is 0 Å². The molecule has 26 heavy (non-hydrogen) atoms. The minimum atomic E-state index is 0.217. The summed E-state index contributed by atoms with van der Waals surface area (Å²) in [4.78, 5) is 0. The van der Waals surface area contributed by atoms with Crippen molar-refractivity contribution in [3.8, 4) is 11.5 Å². The van der Waals surface area contributed by atoms with Crippen molar-refractivity contribution in [2.75, 3.05) is 11.9 Å². The van der Waals surface area contributed by atoms with Gasteiger partial charge in [0.1, 0.15) is 17.6 Å². The monoisotopic (exact) mass is 370 g/mol. The molecular formula is C21H26N2O2S. The molecule has 4 nitrogen and oxygen atoms in total. The van der Waals surface area contributed by atoms with E-state index in [-0.39, 0.29) is 6.10 Å². The van der Waals surface area contributed by atoms with Crippen LogP contribution in [0.2, 0.25) is 0 Å². The maximum Gasteiger partial charge on any atom is 0.171 e. The first-order chi connectivity index (χ1) is 12.5. The second-order valence-electron chi connectivity index (χ2n) is 6.69. The van der Waals surface area contributed by atoms with Crippen LogP contribution in [0, 0.1) is 13.8 Å². The van der Waals surface area contributed by atoms with Crippen molar-refractivity contribution in [2.24, 2.45) is 0 Å². The largest absolute Gasteiger partial charge is 0.494 e. The third-order valence-corrected chi connectivity index (χ3v) is 4.92. The molecule has 1 aliphatic rings. The molecule has 138 valence electrons. The van der Waals surface area contributed by atoms with E-state index >= 15 is 0 Å². The van der Waals surface area contributed by atoms with Gasteiger partial charge in [0.05, 0.1) is 6.61 Å². The number of fused-ring (bicyclic) bond motifs is 1. The molecule has 1 atom stereocenters. The Hall–Kier alpha value is -2.27. The van der Waals surface area contributed by atoms with Crippen molar-refractivity contribution in [3.05, 3.63) is 52.6 Å². The Morgan fingerprint density at radius 1 is 1.31 bits per heavy atom. The van der Waals surface area contributed by atoms with Crippen molar-refractivity contribution >= 4 is 23.0 Å². The molecule has 0 bridgehead atoms. The third-order valence-electron chi connectivity index (χ3n) is 4.67. The molecule has 0 radical (unpaired) electrons. The highest BCUT2D eigenvalue weighted by molar-refractivity contribution is 7.80. The van der Waals surface area contributed by atoms with Crippen LogP contribution in [-0.4, -0.2) is 17.8 Å². The lowest BCUT2D eigenvalue weighted by molar-refractivity contribution is 0.254. The summed E-state index contributed by atoms with van der Waals surface area (Å²) >= 11 is 5.47. The molecule has 3 rings (SSSR count). The molecule has 5 heteroatoms. The van der Waals surface area contributed by atoms with E-state index in [4.69, 9.17) is 21.7 Å². The van der Waals surface area contributed by atoms with Crippen LogP contribution in [-0.2, 0) is 13.0 Å². The summed E-state index contributed by atoms with van der Waals surface area (Å²) in [5.74, 6) is 1.84. The van der Waals surface area contributed by atoms with Gasteiger partial charge in [-0.3, -0.25) is 0 Å². The average molecular weight is 371 g/mol. The number of nitrogens with one attached hydrogen (secondary N) is 2. The Balaban J connectivity index is 1.70. The molecule has 0 aliphatic carbocycles. The zero-order valence-electron chi connectivity index (χ0n) is 15.8. The second-order valence-corrected chi connectivity index (χ2v) is 7.10. The number of anilines is 1. The lowest BCUT2D eigenvalue weighted by Gasteiger charge is -2.16. The predicted molar refractivity (Wildman–Crippen MR) is 110 cm³/mol.